The molecule has 1 aliphatic rings. The van der Waals surface area contributed by atoms with Crippen LogP contribution in [0, 0.1) is 0 Å². The highest BCUT2D eigenvalue weighted by Crippen LogP contribution is 2.29. The fourth-order valence-corrected chi connectivity index (χ4v) is 2.90. The van der Waals surface area contributed by atoms with Gasteiger partial charge in [0, 0.05) is 23.7 Å². The number of rotatable bonds is 3. The molecule has 4 nitrogen and oxygen atoms in total. The van der Waals surface area contributed by atoms with Crippen molar-refractivity contribution >= 4 is 11.8 Å². The van der Waals surface area contributed by atoms with Crippen molar-refractivity contribution < 1.29 is 9.90 Å². The van der Waals surface area contributed by atoms with Gasteiger partial charge in [-0.05, 0) is 37.8 Å². The van der Waals surface area contributed by atoms with Crippen LogP contribution in [-0.2, 0) is 5.41 Å². The van der Waals surface area contributed by atoms with Gasteiger partial charge in [-0.3, -0.25) is 0 Å². The van der Waals surface area contributed by atoms with E-state index in [0.29, 0.717) is 11.6 Å². The molecule has 0 radical (unpaired) electrons. The molecule has 116 valence electrons. The molecule has 1 unspecified atom stereocenters. The van der Waals surface area contributed by atoms with Crippen molar-refractivity contribution in [3.8, 4) is 0 Å². The first-order valence-electron chi connectivity index (χ1n) is 7.85. The van der Waals surface area contributed by atoms with Gasteiger partial charge >= 0.3 is 5.97 Å². The molecule has 0 aliphatic carbocycles. The molecule has 1 aliphatic heterocycles. The minimum absolute atomic E-state index is 0.155. The van der Waals surface area contributed by atoms with Crippen LogP contribution in [0.25, 0.3) is 0 Å². The summed E-state index contributed by atoms with van der Waals surface area (Å²) < 4.78 is 0. The third kappa shape index (κ3) is 3.55. The second-order valence-electron chi connectivity index (χ2n) is 6.91. The highest BCUT2D eigenvalue weighted by atomic mass is 16.4. The van der Waals surface area contributed by atoms with Crippen LogP contribution in [-0.4, -0.2) is 28.6 Å². The smallest absolute Gasteiger partial charge is 0.335 e. The molecule has 2 rings (SSSR count). The Bertz CT molecular complexity index is 520. The summed E-state index contributed by atoms with van der Waals surface area (Å²) in [7, 11) is 0. The average molecular weight is 290 g/mol. The molecule has 1 fully saturated rings. The van der Waals surface area contributed by atoms with E-state index in [1.54, 1.807) is 12.1 Å². The van der Waals surface area contributed by atoms with Crippen molar-refractivity contribution in [1.29, 1.82) is 0 Å². The molecule has 21 heavy (non-hydrogen) atoms. The summed E-state index contributed by atoms with van der Waals surface area (Å²) in [5.74, 6) is -0.0550. The third-order valence-electron chi connectivity index (χ3n) is 4.22. The van der Waals surface area contributed by atoms with Crippen LogP contribution in [0.1, 0.15) is 69.4 Å². The zero-order chi connectivity index (χ0) is 15.6. The quantitative estimate of drug-likeness (QED) is 0.918. The Balaban J connectivity index is 2.46. The van der Waals surface area contributed by atoms with Crippen LogP contribution in [0.4, 0.5) is 5.82 Å². The summed E-state index contributed by atoms with van der Waals surface area (Å²) in [4.78, 5) is 18.5. The highest BCUT2D eigenvalue weighted by molar-refractivity contribution is 5.88. The number of aromatic carboxylic acids is 1. The van der Waals surface area contributed by atoms with Crippen LogP contribution < -0.4 is 4.90 Å². The molecule has 0 spiro atoms. The summed E-state index contributed by atoms with van der Waals surface area (Å²) >= 11 is 0. The van der Waals surface area contributed by atoms with E-state index in [0.717, 1.165) is 30.9 Å². The minimum atomic E-state index is -0.880. The maximum atomic E-state index is 11.4. The predicted molar refractivity (Wildman–Crippen MR) is 85.2 cm³/mol. The van der Waals surface area contributed by atoms with Crippen LogP contribution in [0.2, 0.25) is 0 Å². The first-order chi connectivity index (χ1) is 9.82. The number of carboxylic acid groups (broad SMARTS) is 1. The number of carbonyl (C=O) groups is 1. The molecule has 0 bridgehead atoms. The Morgan fingerprint density at radius 2 is 2.10 bits per heavy atom. The van der Waals surface area contributed by atoms with Crippen molar-refractivity contribution in [1.82, 2.24) is 4.98 Å². The fourth-order valence-electron chi connectivity index (χ4n) is 2.90. The molecule has 0 aromatic carbocycles. The Morgan fingerprint density at radius 3 is 2.67 bits per heavy atom. The van der Waals surface area contributed by atoms with Crippen molar-refractivity contribution in [2.45, 2.75) is 64.8 Å². The lowest BCUT2D eigenvalue weighted by Gasteiger charge is -2.37. The predicted octanol–water partition coefficient (Wildman–Crippen LogP) is 3.85. The van der Waals surface area contributed by atoms with E-state index >= 15 is 0 Å². The van der Waals surface area contributed by atoms with Gasteiger partial charge in [-0.2, -0.15) is 0 Å². The van der Waals surface area contributed by atoms with Crippen LogP contribution in [0.15, 0.2) is 12.1 Å². The summed E-state index contributed by atoms with van der Waals surface area (Å²) in [6, 6.07) is 3.91. The first kappa shape index (κ1) is 15.8. The van der Waals surface area contributed by atoms with Crippen LogP contribution in [0.3, 0.4) is 0 Å². The van der Waals surface area contributed by atoms with Crippen molar-refractivity contribution in [2.75, 3.05) is 11.4 Å². The van der Waals surface area contributed by atoms with E-state index < -0.39 is 5.97 Å². The molecule has 1 N–H and O–H groups in total. The lowest BCUT2D eigenvalue weighted by Crippen LogP contribution is -2.40. The highest BCUT2D eigenvalue weighted by Gasteiger charge is 2.25. The maximum absolute atomic E-state index is 11.4. The van der Waals surface area contributed by atoms with Gasteiger partial charge in [0.05, 0.1) is 5.56 Å². The molecular formula is C17H26N2O2. The monoisotopic (exact) mass is 290 g/mol. The molecular weight excluding hydrogens is 264 g/mol. The zero-order valence-corrected chi connectivity index (χ0v) is 13.5. The van der Waals surface area contributed by atoms with Gasteiger partial charge in [-0.1, -0.05) is 27.7 Å². The number of nitrogens with zero attached hydrogens (tertiary/aromatic N) is 2. The van der Waals surface area contributed by atoms with Crippen LogP contribution >= 0.6 is 0 Å². The van der Waals surface area contributed by atoms with Gasteiger partial charge in [-0.15, -0.1) is 0 Å². The largest absolute Gasteiger partial charge is 0.478 e. The summed E-state index contributed by atoms with van der Waals surface area (Å²) in [6.07, 6.45) is 4.64. The van der Waals surface area contributed by atoms with E-state index in [1.807, 2.05) is 0 Å². The summed E-state index contributed by atoms with van der Waals surface area (Å²) in [6.45, 7) is 9.36. The zero-order valence-electron chi connectivity index (χ0n) is 13.5. The molecule has 0 amide bonds. The van der Waals surface area contributed by atoms with Gasteiger partial charge in [0.15, 0.2) is 0 Å². The number of pyridine rings is 1. The van der Waals surface area contributed by atoms with E-state index in [9.17, 15) is 9.90 Å². The third-order valence-corrected chi connectivity index (χ3v) is 4.22. The number of anilines is 1. The van der Waals surface area contributed by atoms with Gasteiger partial charge < -0.3 is 10.0 Å². The van der Waals surface area contributed by atoms with E-state index in [1.165, 1.54) is 12.8 Å². The summed E-state index contributed by atoms with van der Waals surface area (Å²) in [5.41, 5.74) is 1.03. The van der Waals surface area contributed by atoms with Crippen molar-refractivity contribution in [2.24, 2.45) is 0 Å². The number of hydrogen-bond donors (Lipinski definition) is 1. The fraction of sp³-hybridized carbons (Fsp3) is 0.647. The topological polar surface area (TPSA) is 53.4 Å². The molecule has 1 saturated heterocycles. The van der Waals surface area contributed by atoms with Gasteiger partial charge in [0.1, 0.15) is 5.82 Å². The number of carboxylic acids is 1. The average Bonchev–Trinajstić information content (AvgIpc) is 2.45. The Labute approximate surface area is 127 Å². The SMILES string of the molecule is CCC1CCCCN1c1cc(C(=O)O)cc(C(C)(C)C)n1. The second-order valence-corrected chi connectivity index (χ2v) is 6.91. The lowest BCUT2D eigenvalue weighted by atomic mass is 9.90. The molecule has 0 saturated carbocycles. The van der Waals surface area contributed by atoms with Gasteiger partial charge in [-0.25, -0.2) is 9.78 Å². The minimum Gasteiger partial charge on any atom is -0.478 e. The molecule has 2 heterocycles. The maximum Gasteiger partial charge on any atom is 0.335 e. The second kappa shape index (κ2) is 6.04. The van der Waals surface area contributed by atoms with Crippen molar-refractivity contribution in [3.63, 3.8) is 0 Å². The molecule has 4 heteroatoms. The van der Waals surface area contributed by atoms with Crippen molar-refractivity contribution in [3.05, 3.63) is 23.4 Å². The molecule has 1 aromatic rings. The molecule has 1 atom stereocenters. The van der Waals surface area contributed by atoms with E-state index in [4.69, 9.17) is 4.98 Å². The lowest BCUT2D eigenvalue weighted by molar-refractivity contribution is 0.0696. The van der Waals surface area contributed by atoms with E-state index in [-0.39, 0.29) is 5.41 Å². The Morgan fingerprint density at radius 1 is 1.38 bits per heavy atom. The van der Waals surface area contributed by atoms with Crippen LogP contribution in [0.5, 0.6) is 0 Å². The Kier molecular flexibility index (Phi) is 4.55. The number of piperidine rings is 1. The standard InChI is InChI=1S/C17H26N2O2/c1-5-13-8-6-7-9-19(13)15-11-12(16(20)21)10-14(18-15)17(2,3)4/h10-11,13H,5-9H2,1-4H3,(H,20,21). The number of aromatic nitrogens is 1. The Hall–Kier alpha value is -1.58. The van der Waals surface area contributed by atoms with Gasteiger partial charge in [0.25, 0.3) is 0 Å². The number of hydrogen-bond acceptors (Lipinski definition) is 3. The van der Waals surface area contributed by atoms with Gasteiger partial charge in [0.2, 0.25) is 0 Å². The molecule has 1 aromatic heterocycles. The summed E-state index contributed by atoms with van der Waals surface area (Å²) in [5, 5.41) is 9.37. The van der Waals surface area contributed by atoms with E-state index in [2.05, 4.69) is 32.6 Å². The normalized spacial score (nSPS) is 19.6. The first-order valence-corrected chi connectivity index (χ1v) is 7.85.